The molecule has 2 aliphatic rings. The fraction of sp³-hybridized carbons (Fsp3) is 0.750. The number of hydrogen-bond acceptors (Lipinski definition) is 4. The zero-order valence-electron chi connectivity index (χ0n) is 10.2. The zero-order chi connectivity index (χ0) is 11.8. The molecule has 1 saturated heterocycles. The monoisotopic (exact) mass is 253 g/mol. The van der Waals surface area contributed by atoms with Gasteiger partial charge in [-0.05, 0) is 12.2 Å². The summed E-state index contributed by atoms with van der Waals surface area (Å²) in [4.78, 5) is 2.57. The first-order valence-corrected chi connectivity index (χ1v) is 7.41. The van der Waals surface area contributed by atoms with E-state index in [0.717, 1.165) is 31.2 Å². The summed E-state index contributed by atoms with van der Waals surface area (Å²) in [6.07, 6.45) is 2.38. The Balaban J connectivity index is 1.83. The minimum absolute atomic E-state index is 0.0659. The first kappa shape index (κ1) is 11.6. The molecule has 0 radical (unpaired) electrons. The average molecular weight is 253 g/mol. The van der Waals surface area contributed by atoms with Gasteiger partial charge in [-0.15, -0.1) is 0 Å². The Morgan fingerprint density at radius 1 is 1.53 bits per heavy atom. The van der Waals surface area contributed by atoms with Crippen molar-refractivity contribution in [3.05, 3.63) is 17.0 Å². The quantitative estimate of drug-likeness (QED) is 0.845. The molecule has 1 atom stereocenters. The van der Waals surface area contributed by atoms with Gasteiger partial charge in [0.25, 0.3) is 0 Å². The second kappa shape index (κ2) is 4.63. The molecule has 17 heavy (non-hydrogen) atoms. The second-order valence-electron chi connectivity index (χ2n) is 4.89. The summed E-state index contributed by atoms with van der Waals surface area (Å²) >= 11 is 2.06. The van der Waals surface area contributed by atoms with E-state index in [-0.39, 0.29) is 6.61 Å². The summed E-state index contributed by atoms with van der Waals surface area (Å²) in [5.41, 5.74) is 3.46. The van der Waals surface area contributed by atoms with Gasteiger partial charge < -0.3 is 5.11 Å². The molecular weight excluding hydrogens is 234 g/mol. The Morgan fingerprint density at radius 2 is 2.41 bits per heavy atom. The Labute approximate surface area is 106 Å². The van der Waals surface area contributed by atoms with E-state index in [2.05, 4.69) is 21.8 Å². The number of rotatable bonds is 2. The molecule has 0 saturated carbocycles. The summed E-state index contributed by atoms with van der Waals surface area (Å²) < 4.78 is 1.95. The third kappa shape index (κ3) is 2.00. The van der Waals surface area contributed by atoms with Crippen LogP contribution in [0.4, 0.5) is 0 Å². The van der Waals surface area contributed by atoms with Crippen molar-refractivity contribution in [3.63, 3.8) is 0 Å². The second-order valence-corrected chi connectivity index (χ2v) is 6.04. The van der Waals surface area contributed by atoms with Crippen molar-refractivity contribution < 1.29 is 5.11 Å². The fourth-order valence-electron chi connectivity index (χ4n) is 2.94. The van der Waals surface area contributed by atoms with E-state index >= 15 is 0 Å². The summed E-state index contributed by atoms with van der Waals surface area (Å²) in [5.74, 6) is 2.57. The number of hydrogen-bond donors (Lipinski definition) is 1. The number of nitrogens with zero attached hydrogens (tertiary/aromatic N) is 3. The topological polar surface area (TPSA) is 41.3 Å². The number of fused-ring (bicyclic) bond motifs is 1. The molecule has 1 fully saturated rings. The van der Waals surface area contributed by atoms with Gasteiger partial charge in [-0.25, -0.2) is 0 Å². The highest BCUT2D eigenvalue weighted by Crippen LogP contribution is 2.28. The largest absolute Gasteiger partial charge is 0.390 e. The molecule has 5 heteroatoms. The number of aliphatic hydroxyl groups is 1. The average Bonchev–Trinajstić information content (AvgIpc) is 2.97. The molecule has 0 bridgehead atoms. The van der Waals surface area contributed by atoms with Gasteiger partial charge in [-0.1, -0.05) is 0 Å². The molecule has 1 aromatic rings. The Bertz CT molecular complexity index is 412. The normalized spacial score (nSPS) is 25.2. The molecule has 4 nitrogen and oxygen atoms in total. The van der Waals surface area contributed by atoms with Gasteiger partial charge in [0.05, 0.1) is 12.3 Å². The van der Waals surface area contributed by atoms with Gasteiger partial charge in [-0.2, -0.15) is 16.9 Å². The van der Waals surface area contributed by atoms with E-state index < -0.39 is 0 Å². The third-order valence-electron chi connectivity index (χ3n) is 3.93. The highest BCUT2D eigenvalue weighted by molar-refractivity contribution is 7.99. The van der Waals surface area contributed by atoms with E-state index in [4.69, 9.17) is 0 Å². The Morgan fingerprint density at radius 3 is 3.12 bits per heavy atom. The highest BCUT2D eigenvalue weighted by Gasteiger charge is 2.29. The lowest BCUT2D eigenvalue weighted by Crippen LogP contribution is -2.39. The van der Waals surface area contributed by atoms with Crippen LogP contribution in [0.3, 0.4) is 0 Å². The number of aromatic nitrogens is 2. The molecule has 3 heterocycles. The molecule has 0 amide bonds. The molecule has 2 aliphatic heterocycles. The van der Waals surface area contributed by atoms with E-state index in [1.54, 1.807) is 0 Å². The maximum absolute atomic E-state index is 9.36. The molecular formula is C12H19N3OS. The van der Waals surface area contributed by atoms with Crippen molar-refractivity contribution in [2.75, 3.05) is 18.1 Å². The summed E-state index contributed by atoms with van der Waals surface area (Å²) in [5, 5.41) is 13.8. The predicted molar refractivity (Wildman–Crippen MR) is 69.0 cm³/mol. The molecule has 94 valence electrons. The van der Waals surface area contributed by atoms with Gasteiger partial charge in [0.1, 0.15) is 0 Å². The van der Waals surface area contributed by atoms with Crippen molar-refractivity contribution in [2.24, 2.45) is 7.05 Å². The van der Waals surface area contributed by atoms with Crippen LogP contribution in [0, 0.1) is 0 Å². The van der Waals surface area contributed by atoms with Gasteiger partial charge in [-0.3, -0.25) is 9.58 Å². The molecule has 0 aliphatic carbocycles. The van der Waals surface area contributed by atoms with Crippen LogP contribution in [0.15, 0.2) is 0 Å². The van der Waals surface area contributed by atoms with Gasteiger partial charge in [0, 0.05) is 49.6 Å². The predicted octanol–water partition coefficient (Wildman–Crippen LogP) is 0.776. The molecule has 1 N–H and O–H groups in total. The van der Waals surface area contributed by atoms with Crippen LogP contribution < -0.4 is 0 Å². The first-order valence-electron chi connectivity index (χ1n) is 6.26. The van der Waals surface area contributed by atoms with E-state index in [1.165, 1.54) is 29.2 Å². The van der Waals surface area contributed by atoms with Crippen LogP contribution >= 0.6 is 11.8 Å². The van der Waals surface area contributed by atoms with Crippen molar-refractivity contribution in [1.29, 1.82) is 0 Å². The van der Waals surface area contributed by atoms with Crippen molar-refractivity contribution >= 4 is 11.8 Å². The minimum atomic E-state index is 0.0659. The fourth-order valence-corrected chi connectivity index (χ4v) is 4.19. The lowest BCUT2D eigenvalue weighted by molar-refractivity contribution is 0.190. The van der Waals surface area contributed by atoms with Gasteiger partial charge in [0.15, 0.2) is 0 Å². The third-order valence-corrected chi connectivity index (χ3v) is 5.07. The van der Waals surface area contributed by atoms with Crippen molar-refractivity contribution in [3.8, 4) is 0 Å². The number of aliphatic hydroxyl groups excluding tert-OH is 1. The Kier molecular flexibility index (Phi) is 3.15. The van der Waals surface area contributed by atoms with Crippen LogP contribution in [-0.2, 0) is 26.6 Å². The SMILES string of the molecule is Cn1nc(CO)c2c1CCN([C@H]1CCSC1)C2. The maximum Gasteiger partial charge on any atom is 0.0926 e. The summed E-state index contributed by atoms with van der Waals surface area (Å²) in [7, 11) is 1.99. The lowest BCUT2D eigenvalue weighted by atomic mass is 10.0. The van der Waals surface area contributed by atoms with Crippen LogP contribution in [0.5, 0.6) is 0 Å². The Hall–Kier alpha value is -0.520. The van der Waals surface area contributed by atoms with Crippen LogP contribution in [-0.4, -0.2) is 43.9 Å². The van der Waals surface area contributed by atoms with Crippen LogP contribution in [0.2, 0.25) is 0 Å². The smallest absolute Gasteiger partial charge is 0.0926 e. The first-order chi connectivity index (χ1) is 8.29. The maximum atomic E-state index is 9.36. The van der Waals surface area contributed by atoms with E-state index in [0.29, 0.717) is 0 Å². The summed E-state index contributed by atoms with van der Waals surface area (Å²) in [6.45, 7) is 2.18. The molecule has 3 rings (SSSR count). The van der Waals surface area contributed by atoms with E-state index in [9.17, 15) is 5.11 Å². The van der Waals surface area contributed by atoms with Gasteiger partial charge >= 0.3 is 0 Å². The van der Waals surface area contributed by atoms with Crippen molar-refractivity contribution in [1.82, 2.24) is 14.7 Å². The number of aryl methyl sites for hydroxylation is 1. The molecule has 0 aromatic carbocycles. The molecule has 1 aromatic heterocycles. The van der Waals surface area contributed by atoms with Crippen LogP contribution in [0.25, 0.3) is 0 Å². The molecule has 0 spiro atoms. The van der Waals surface area contributed by atoms with Crippen molar-refractivity contribution in [2.45, 2.75) is 32.0 Å². The minimum Gasteiger partial charge on any atom is -0.390 e. The standard InChI is InChI=1S/C12H19N3OS/c1-14-12-2-4-15(9-3-5-17-8-9)6-10(12)11(7-16)13-14/h9,16H,2-8H2,1H3/t9-/m0/s1. The van der Waals surface area contributed by atoms with E-state index in [1.807, 2.05) is 11.7 Å². The zero-order valence-corrected chi connectivity index (χ0v) is 11.0. The van der Waals surface area contributed by atoms with Crippen LogP contribution in [0.1, 0.15) is 23.4 Å². The summed E-state index contributed by atoms with van der Waals surface area (Å²) in [6, 6.07) is 0.736. The highest BCUT2D eigenvalue weighted by atomic mass is 32.2. The van der Waals surface area contributed by atoms with Gasteiger partial charge in [0.2, 0.25) is 0 Å². The number of thioether (sulfide) groups is 1. The molecule has 0 unspecified atom stereocenters. The lowest BCUT2D eigenvalue weighted by Gasteiger charge is -2.32.